The molecule has 0 aliphatic carbocycles. The Morgan fingerprint density at radius 2 is 2.04 bits per heavy atom. The number of aromatic nitrogens is 2. The Bertz CT molecular complexity index is 810. The summed E-state index contributed by atoms with van der Waals surface area (Å²) in [7, 11) is 0. The summed E-state index contributed by atoms with van der Waals surface area (Å²) in [5, 5.41) is 6.91. The number of hydrogen-bond donors (Lipinski definition) is 0. The summed E-state index contributed by atoms with van der Waals surface area (Å²) in [5.74, 6) is 2.09. The Kier molecular flexibility index (Phi) is 5.10. The van der Waals surface area contributed by atoms with Crippen LogP contribution in [0, 0.1) is 12.8 Å². The van der Waals surface area contributed by atoms with Crippen molar-refractivity contribution in [2.75, 3.05) is 18.1 Å². The van der Waals surface area contributed by atoms with Crippen molar-refractivity contribution in [1.82, 2.24) is 15.0 Å². The Hall–Kier alpha value is -1.89. The highest BCUT2D eigenvalue weighted by molar-refractivity contribution is 7.17. The second kappa shape index (κ2) is 7.02. The molecule has 1 saturated heterocycles. The lowest BCUT2D eigenvalue weighted by atomic mass is 10.0. The molecule has 3 heterocycles. The molecule has 6 nitrogen and oxygen atoms in total. The van der Waals surface area contributed by atoms with E-state index in [1.807, 2.05) is 32.7 Å². The molecule has 0 unspecified atom stereocenters. The molecule has 0 saturated carbocycles. The molecule has 0 bridgehead atoms. The lowest BCUT2D eigenvalue weighted by Crippen LogP contribution is -2.44. The van der Waals surface area contributed by atoms with Crippen LogP contribution in [-0.2, 0) is 11.2 Å². The smallest absolute Gasteiger partial charge is 0.429 e. The highest BCUT2D eigenvalue weighted by atomic mass is 32.1. The Labute approximate surface area is 159 Å². The van der Waals surface area contributed by atoms with Gasteiger partial charge >= 0.3 is 6.09 Å². The predicted octanol–water partition coefficient (Wildman–Crippen LogP) is 4.56. The van der Waals surface area contributed by atoms with Gasteiger partial charge in [0.1, 0.15) is 16.3 Å². The Morgan fingerprint density at radius 3 is 2.69 bits per heavy atom. The zero-order chi connectivity index (χ0) is 19.1. The van der Waals surface area contributed by atoms with E-state index in [-0.39, 0.29) is 6.09 Å². The Balaban J connectivity index is 2.02. The van der Waals surface area contributed by atoms with Crippen LogP contribution < -0.4 is 5.01 Å². The Morgan fingerprint density at radius 1 is 1.31 bits per heavy atom. The van der Waals surface area contributed by atoms with Crippen LogP contribution in [0.5, 0.6) is 0 Å². The van der Waals surface area contributed by atoms with Gasteiger partial charge in [-0.3, -0.25) is 5.01 Å². The minimum absolute atomic E-state index is 0.319. The molecule has 2 aromatic heterocycles. The van der Waals surface area contributed by atoms with E-state index in [9.17, 15) is 4.79 Å². The number of carbonyl (C=O) groups is 1. The van der Waals surface area contributed by atoms with Crippen molar-refractivity contribution in [3.63, 3.8) is 0 Å². The van der Waals surface area contributed by atoms with Crippen molar-refractivity contribution < 1.29 is 9.53 Å². The van der Waals surface area contributed by atoms with Gasteiger partial charge in [-0.15, -0.1) is 11.3 Å². The summed E-state index contributed by atoms with van der Waals surface area (Å²) in [4.78, 5) is 23.0. The molecule has 1 fully saturated rings. The normalized spacial score (nSPS) is 15.3. The minimum atomic E-state index is -0.520. The van der Waals surface area contributed by atoms with Crippen molar-refractivity contribution in [3.05, 3.63) is 16.8 Å². The van der Waals surface area contributed by atoms with Crippen LogP contribution in [0.2, 0.25) is 0 Å². The number of fused-ring (bicyclic) bond motifs is 1. The minimum Gasteiger partial charge on any atom is -0.442 e. The van der Waals surface area contributed by atoms with Gasteiger partial charge < -0.3 is 4.74 Å². The van der Waals surface area contributed by atoms with Gasteiger partial charge in [-0.05, 0) is 57.4 Å². The molecule has 0 atom stereocenters. The maximum absolute atomic E-state index is 12.7. The maximum Gasteiger partial charge on any atom is 0.429 e. The van der Waals surface area contributed by atoms with Crippen LogP contribution in [0.3, 0.4) is 0 Å². The molecule has 0 N–H and O–H groups in total. The van der Waals surface area contributed by atoms with E-state index in [0.29, 0.717) is 12.5 Å². The standard InChI is InChI=1S/C19H28N4O2S/c1-12(2)10-14-11-26-17-15(14)16(20-13(3)21-17)22-8-7-9-23(22)18(24)25-19(4,5)6/h11-12H,7-10H2,1-6H3. The lowest BCUT2D eigenvalue weighted by Gasteiger charge is -2.31. The summed E-state index contributed by atoms with van der Waals surface area (Å²) in [6, 6.07) is 0. The fourth-order valence-electron chi connectivity index (χ4n) is 3.20. The summed E-state index contributed by atoms with van der Waals surface area (Å²) in [6.07, 6.45) is 1.55. The van der Waals surface area contributed by atoms with Gasteiger partial charge in [0.05, 0.1) is 5.39 Å². The van der Waals surface area contributed by atoms with Gasteiger partial charge in [-0.25, -0.2) is 19.8 Å². The van der Waals surface area contributed by atoms with E-state index in [4.69, 9.17) is 9.72 Å². The van der Waals surface area contributed by atoms with Crippen molar-refractivity contribution in [2.24, 2.45) is 5.92 Å². The molecule has 3 rings (SSSR count). The number of nitrogens with zero attached hydrogens (tertiary/aromatic N) is 4. The average molecular weight is 377 g/mol. The van der Waals surface area contributed by atoms with Crippen molar-refractivity contribution in [3.8, 4) is 0 Å². The predicted molar refractivity (Wildman–Crippen MR) is 106 cm³/mol. The van der Waals surface area contributed by atoms with Gasteiger partial charge in [0.2, 0.25) is 0 Å². The van der Waals surface area contributed by atoms with Crippen LogP contribution in [0.1, 0.15) is 52.4 Å². The fourth-order valence-corrected chi connectivity index (χ4v) is 4.19. The SMILES string of the molecule is Cc1nc(N2CCCN2C(=O)OC(C)(C)C)c2c(CC(C)C)csc2n1. The van der Waals surface area contributed by atoms with E-state index in [1.165, 1.54) is 5.56 Å². The first-order valence-corrected chi connectivity index (χ1v) is 10.1. The third-order valence-corrected chi connectivity index (χ3v) is 5.03. The van der Waals surface area contributed by atoms with Crippen molar-refractivity contribution in [1.29, 1.82) is 0 Å². The molecule has 0 aromatic carbocycles. The molecule has 26 heavy (non-hydrogen) atoms. The summed E-state index contributed by atoms with van der Waals surface area (Å²) < 4.78 is 5.60. The van der Waals surface area contributed by atoms with Gasteiger partial charge in [0, 0.05) is 13.1 Å². The first-order valence-electron chi connectivity index (χ1n) is 9.18. The topological polar surface area (TPSA) is 58.6 Å². The number of thiophene rings is 1. The molecular formula is C19H28N4O2S. The van der Waals surface area contributed by atoms with E-state index in [1.54, 1.807) is 16.3 Å². The quantitative estimate of drug-likeness (QED) is 0.786. The zero-order valence-electron chi connectivity index (χ0n) is 16.5. The van der Waals surface area contributed by atoms with Crippen LogP contribution >= 0.6 is 11.3 Å². The van der Waals surface area contributed by atoms with Gasteiger partial charge in [-0.2, -0.15) is 0 Å². The van der Waals surface area contributed by atoms with E-state index >= 15 is 0 Å². The van der Waals surface area contributed by atoms with E-state index < -0.39 is 5.60 Å². The summed E-state index contributed by atoms with van der Waals surface area (Å²) >= 11 is 1.65. The molecule has 1 aliphatic rings. The highest BCUT2D eigenvalue weighted by Gasteiger charge is 2.33. The number of anilines is 1. The number of aryl methyl sites for hydroxylation is 1. The fraction of sp³-hybridized carbons (Fsp3) is 0.632. The molecule has 1 amide bonds. The van der Waals surface area contributed by atoms with Crippen molar-refractivity contribution >= 4 is 33.5 Å². The molecule has 2 aromatic rings. The van der Waals surface area contributed by atoms with Gasteiger partial charge in [0.25, 0.3) is 0 Å². The van der Waals surface area contributed by atoms with Crippen molar-refractivity contribution in [2.45, 2.75) is 60.0 Å². The van der Waals surface area contributed by atoms with Gasteiger partial charge in [-0.1, -0.05) is 13.8 Å². The first kappa shape index (κ1) is 18.9. The number of carbonyl (C=O) groups excluding carboxylic acids is 1. The third-order valence-electron chi connectivity index (χ3n) is 4.11. The van der Waals surface area contributed by atoms with Crippen LogP contribution in [0.15, 0.2) is 5.38 Å². The number of rotatable bonds is 3. The second-order valence-corrected chi connectivity index (χ2v) is 9.07. The van der Waals surface area contributed by atoms with E-state index in [0.717, 1.165) is 41.2 Å². The summed E-state index contributed by atoms with van der Waals surface area (Å²) in [5.41, 5.74) is 0.735. The maximum atomic E-state index is 12.7. The second-order valence-electron chi connectivity index (χ2n) is 8.21. The molecule has 1 aliphatic heterocycles. The highest BCUT2D eigenvalue weighted by Crippen LogP contribution is 2.35. The number of hydrogen-bond acceptors (Lipinski definition) is 6. The molecule has 142 valence electrons. The van der Waals surface area contributed by atoms with Crippen LogP contribution in [-0.4, -0.2) is 39.8 Å². The largest absolute Gasteiger partial charge is 0.442 e. The lowest BCUT2D eigenvalue weighted by molar-refractivity contribution is 0.0273. The monoisotopic (exact) mass is 376 g/mol. The molecular weight excluding hydrogens is 348 g/mol. The zero-order valence-corrected chi connectivity index (χ0v) is 17.3. The van der Waals surface area contributed by atoms with E-state index in [2.05, 4.69) is 24.2 Å². The molecule has 0 spiro atoms. The average Bonchev–Trinajstić information content (AvgIpc) is 3.11. The van der Waals surface area contributed by atoms with Gasteiger partial charge in [0.15, 0.2) is 5.82 Å². The number of hydrazine groups is 1. The molecule has 0 radical (unpaired) electrons. The third kappa shape index (κ3) is 3.92. The summed E-state index contributed by atoms with van der Waals surface area (Å²) in [6.45, 7) is 13.4. The number of ether oxygens (including phenoxy) is 1. The number of amides is 1. The van der Waals surface area contributed by atoms with Crippen LogP contribution in [0.4, 0.5) is 10.6 Å². The first-order chi connectivity index (χ1) is 12.2. The molecule has 7 heteroatoms. The van der Waals surface area contributed by atoms with Crippen LogP contribution in [0.25, 0.3) is 10.2 Å².